The molecule has 2 atom stereocenters. The zero-order valence-electron chi connectivity index (χ0n) is 13.3. The molecule has 2 heterocycles. The average Bonchev–Trinajstić information content (AvgIpc) is 2.45. The maximum atomic E-state index is 4.67. The number of piperazine rings is 1. The maximum Gasteiger partial charge on any atom is 0.133 e. The van der Waals surface area contributed by atoms with Gasteiger partial charge >= 0.3 is 0 Å². The van der Waals surface area contributed by atoms with Crippen molar-refractivity contribution in [3.63, 3.8) is 0 Å². The third kappa shape index (κ3) is 3.49. The Morgan fingerprint density at radius 3 is 2.95 bits per heavy atom. The van der Waals surface area contributed by atoms with E-state index in [0.29, 0.717) is 12.1 Å². The number of pyridine rings is 1. The highest BCUT2D eigenvalue weighted by Gasteiger charge is 2.25. The number of likely N-dealkylation sites (N-methyl/N-ethyl adjacent to an activating group) is 1. The number of hydrogen-bond acceptors (Lipinski definition) is 4. The van der Waals surface area contributed by atoms with Crippen molar-refractivity contribution in [3.05, 3.63) is 23.9 Å². The molecule has 0 aliphatic carbocycles. The lowest BCUT2D eigenvalue weighted by Gasteiger charge is -2.40. The van der Waals surface area contributed by atoms with Gasteiger partial charge in [-0.05, 0) is 39.9 Å². The van der Waals surface area contributed by atoms with E-state index in [1.165, 1.54) is 5.56 Å². The molecule has 1 saturated heterocycles. The minimum absolute atomic E-state index is 0.352. The van der Waals surface area contributed by atoms with Crippen LogP contribution in [0, 0.1) is 0 Å². The molecule has 1 aromatic heterocycles. The Balaban J connectivity index is 2.18. The first kappa shape index (κ1) is 15.3. The molecule has 0 radical (unpaired) electrons. The molecule has 1 N–H and O–H groups in total. The molecule has 20 heavy (non-hydrogen) atoms. The van der Waals surface area contributed by atoms with Crippen molar-refractivity contribution >= 4 is 5.82 Å². The highest BCUT2D eigenvalue weighted by molar-refractivity contribution is 5.49. The van der Waals surface area contributed by atoms with Crippen LogP contribution in [0.3, 0.4) is 0 Å². The van der Waals surface area contributed by atoms with Gasteiger partial charge in [-0.15, -0.1) is 0 Å². The lowest BCUT2D eigenvalue weighted by atomic mass is 10.1. The van der Waals surface area contributed by atoms with Crippen LogP contribution in [0.5, 0.6) is 0 Å². The van der Waals surface area contributed by atoms with E-state index in [-0.39, 0.29) is 0 Å². The molecule has 1 aliphatic rings. The Morgan fingerprint density at radius 2 is 2.25 bits per heavy atom. The first-order chi connectivity index (χ1) is 9.63. The van der Waals surface area contributed by atoms with Crippen LogP contribution < -0.4 is 10.2 Å². The zero-order valence-corrected chi connectivity index (χ0v) is 13.3. The van der Waals surface area contributed by atoms with Crippen LogP contribution in [-0.4, -0.2) is 49.2 Å². The van der Waals surface area contributed by atoms with Crippen LogP contribution >= 0.6 is 0 Å². The van der Waals surface area contributed by atoms with Gasteiger partial charge in [-0.1, -0.05) is 13.0 Å². The summed E-state index contributed by atoms with van der Waals surface area (Å²) in [6, 6.07) is 5.12. The first-order valence-electron chi connectivity index (χ1n) is 7.77. The second-order valence-electron chi connectivity index (χ2n) is 5.90. The van der Waals surface area contributed by atoms with E-state index >= 15 is 0 Å². The third-order valence-corrected chi connectivity index (χ3v) is 4.09. The highest BCUT2D eigenvalue weighted by Crippen LogP contribution is 2.26. The minimum atomic E-state index is 0.352. The molecule has 1 aliphatic heterocycles. The zero-order chi connectivity index (χ0) is 14.5. The molecule has 0 aromatic carbocycles. The molecule has 4 nitrogen and oxygen atoms in total. The number of rotatable bonds is 5. The number of aromatic nitrogens is 1. The number of nitrogens with one attached hydrogen (secondary N) is 1. The van der Waals surface area contributed by atoms with Gasteiger partial charge in [0.1, 0.15) is 5.82 Å². The summed E-state index contributed by atoms with van der Waals surface area (Å²) in [7, 11) is 2.19. The second kappa shape index (κ2) is 7.04. The summed E-state index contributed by atoms with van der Waals surface area (Å²) >= 11 is 0. The van der Waals surface area contributed by atoms with Gasteiger partial charge in [-0.2, -0.15) is 0 Å². The minimum Gasteiger partial charge on any atom is -0.351 e. The van der Waals surface area contributed by atoms with Crippen molar-refractivity contribution in [2.75, 3.05) is 38.1 Å². The van der Waals surface area contributed by atoms with Crippen LogP contribution in [0.1, 0.15) is 38.8 Å². The normalized spacial score (nSPS) is 22.0. The predicted molar refractivity (Wildman–Crippen MR) is 85.3 cm³/mol. The van der Waals surface area contributed by atoms with Crippen LogP contribution in [-0.2, 0) is 0 Å². The fourth-order valence-electron chi connectivity index (χ4n) is 2.91. The van der Waals surface area contributed by atoms with Gasteiger partial charge < -0.3 is 15.1 Å². The monoisotopic (exact) mass is 276 g/mol. The Kier molecular flexibility index (Phi) is 5.38. The van der Waals surface area contributed by atoms with E-state index in [9.17, 15) is 0 Å². The number of anilines is 1. The third-order valence-electron chi connectivity index (χ3n) is 4.09. The summed E-state index contributed by atoms with van der Waals surface area (Å²) in [5, 5.41) is 3.57. The molecule has 0 bridgehead atoms. The van der Waals surface area contributed by atoms with Gasteiger partial charge in [0.25, 0.3) is 0 Å². The fraction of sp³-hybridized carbons (Fsp3) is 0.688. The van der Waals surface area contributed by atoms with Crippen molar-refractivity contribution in [3.8, 4) is 0 Å². The van der Waals surface area contributed by atoms with Crippen molar-refractivity contribution in [1.29, 1.82) is 0 Å². The van der Waals surface area contributed by atoms with E-state index in [1.807, 2.05) is 12.3 Å². The standard InChI is InChI=1S/C16H28N4/c1-5-8-17-14(3)15-7-6-9-18-16(15)20-11-10-19(4)12-13(20)2/h6-7,9,13-14,17H,5,8,10-12H2,1-4H3. The fourth-order valence-corrected chi connectivity index (χ4v) is 2.91. The van der Waals surface area contributed by atoms with E-state index in [0.717, 1.165) is 38.4 Å². The quantitative estimate of drug-likeness (QED) is 0.894. The van der Waals surface area contributed by atoms with Crippen molar-refractivity contribution < 1.29 is 0 Å². The summed E-state index contributed by atoms with van der Waals surface area (Å²) in [4.78, 5) is 9.52. The van der Waals surface area contributed by atoms with Gasteiger partial charge in [-0.25, -0.2) is 4.98 Å². The topological polar surface area (TPSA) is 31.4 Å². The van der Waals surface area contributed by atoms with Crippen LogP contribution in [0.4, 0.5) is 5.82 Å². The predicted octanol–water partition coefficient (Wildman–Crippen LogP) is 2.28. The Hall–Kier alpha value is -1.13. The molecule has 0 saturated carbocycles. The summed E-state index contributed by atoms with van der Waals surface area (Å²) in [5.41, 5.74) is 1.32. The molecule has 2 unspecified atom stereocenters. The van der Waals surface area contributed by atoms with E-state index < -0.39 is 0 Å². The van der Waals surface area contributed by atoms with Gasteiger partial charge in [0.2, 0.25) is 0 Å². The summed E-state index contributed by atoms with van der Waals surface area (Å²) in [6.45, 7) is 11.0. The van der Waals surface area contributed by atoms with Gasteiger partial charge in [0.05, 0.1) is 0 Å². The largest absolute Gasteiger partial charge is 0.351 e. The second-order valence-corrected chi connectivity index (χ2v) is 5.90. The van der Waals surface area contributed by atoms with Crippen LogP contribution in [0.25, 0.3) is 0 Å². The maximum absolute atomic E-state index is 4.67. The Labute approximate surface area is 123 Å². The summed E-state index contributed by atoms with van der Waals surface area (Å²) in [5.74, 6) is 1.16. The van der Waals surface area contributed by atoms with Gasteiger partial charge in [-0.3, -0.25) is 0 Å². The van der Waals surface area contributed by atoms with Crippen molar-refractivity contribution in [2.24, 2.45) is 0 Å². The van der Waals surface area contributed by atoms with Gasteiger partial charge in [0.15, 0.2) is 0 Å². The number of nitrogens with zero attached hydrogens (tertiary/aromatic N) is 3. The molecule has 1 aromatic rings. The van der Waals surface area contributed by atoms with Crippen LogP contribution in [0.15, 0.2) is 18.3 Å². The molecular formula is C16H28N4. The highest BCUT2D eigenvalue weighted by atomic mass is 15.3. The smallest absolute Gasteiger partial charge is 0.133 e. The van der Waals surface area contributed by atoms with E-state index in [4.69, 9.17) is 0 Å². The summed E-state index contributed by atoms with van der Waals surface area (Å²) < 4.78 is 0. The molecule has 2 rings (SSSR count). The Bertz CT molecular complexity index is 421. The Morgan fingerprint density at radius 1 is 1.45 bits per heavy atom. The van der Waals surface area contributed by atoms with Crippen LogP contribution in [0.2, 0.25) is 0 Å². The lowest BCUT2D eigenvalue weighted by Crippen LogP contribution is -2.51. The van der Waals surface area contributed by atoms with Crippen molar-refractivity contribution in [2.45, 2.75) is 39.3 Å². The van der Waals surface area contributed by atoms with Gasteiger partial charge in [0, 0.05) is 43.5 Å². The van der Waals surface area contributed by atoms with Crippen molar-refractivity contribution in [1.82, 2.24) is 15.2 Å². The van der Waals surface area contributed by atoms with E-state index in [1.54, 1.807) is 0 Å². The average molecular weight is 276 g/mol. The summed E-state index contributed by atoms with van der Waals surface area (Å²) in [6.07, 6.45) is 3.07. The molecule has 1 fully saturated rings. The molecule has 0 amide bonds. The molecular weight excluding hydrogens is 248 g/mol. The molecule has 4 heteroatoms. The first-order valence-corrected chi connectivity index (χ1v) is 7.77. The number of hydrogen-bond donors (Lipinski definition) is 1. The molecule has 112 valence electrons. The lowest BCUT2D eigenvalue weighted by molar-refractivity contribution is 0.274. The molecule has 0 spiro atoms. The SMILES string of the molecule is CCCNC(C)c1cccnc1N1CCN(C)CC1C. The van der Waals surface area contributed by atoms with E-state index in [2.05, 4.69) is 54.0 Å².